The average Bonchev–Trinajstić information content (AvgIpc) is 2.78. The lowest BCUT2D eigenvalue weighted by Gasteiger charge is -2.16. The number of carbonyl (C=O) groups excluding carboxylic acids is 1. The number of nitrogens with zero attached hydrogens (tertiary/aromatic N) is 1. The molecule has 1 heterocycles. The molecule has 3 aromatic carbocycles. The van der Waals surface area contributed by atoms with Gasteiger partial charge < -0.3 is 5.32 Å². The van der Waals surface area contributed by atoms with Crippen LogP contribution >= 0.6 is 0 Å². The van der Waals surface area contributed by atoms with E-state index in [1.54, 1.807) is 42.5 Å². The van der Waals surface area contributed by atoms with Crippen molar-refractivity contribution in [2.24, 2.45) is 0 Å². The topological polar surface area (TPSA) is 42.0 Å². The van der Waals surface area contributed by atoms with Crippen molar-refractivity contribution >= 4 is 22.5 Å². The molecule has 0 bridgehead atoms. The summed E-state index contributed by atoms with van der Waals surface area (Å²) in [7, 11) is 0. The van der Waals surface area contributed by atoms with Gasteiger partial charge >= 0.3 is 6.18 Å². The summed E-state index contributed by atoms with van der Waals surface area (Å²) in [6.45, 7) is 2.04. The van der Waals surface area contributed by atoms with Crippen LogP contribution < -0.4 is 5.32 Å². The van der Waals surface area contributed by atoms with Gasteiger partial charge in [0.05, 0.1) is 16.6 Å². The van der Waals surface area contributed by atoms with Crippen molar-refractivity contribution in [2.75, 3.05) is 5.32 Å². The smallest absolute Gasteiger partial charge is 0.322 e. The molecule has 0 aliphatic heterocycles. The summed E-state index contributed by atoms with van der Waals surface area (Å²) in [5.74, 6) is -0.435. The second kappa shape index (κ2) is 8.22. The molecule has 0 aliphatic rings. The van der Waals surface area contributed by atoms with Gasteiger partial charge in [0.2, 0.25) is 0 Å². The monoisotopic (exact) mass is 420 g/mol. The van der Waals surface area contributed by atoms with E-state index in [1.807, 2.05) is 25.1 Å². The first kappa shape index (κ1) is 20.6. The van der Waals surface area contributed by atoms with Crippen LogP contribution in [0.25, 0.3) is 22.0 Å². The molecule has 0 radical (unpaired) electrons. The Balaban J connectivity index is 1.87. The number of rotatable bonds is 4. The number of benzene rings is 3. The van der Waals surface area contributed by atoms with E-state index in [1.165, 1.54) is 12.3 Å². The Hall–Kier alpha value is -3.67. The molecule has 0 saturated heterocycles. The van der Waals surface area contributed by atoms with Crippen molar-refractivity contribution in [1.82, 2.24) is 4.98 Å². The van der Waals surface area contributed by atoms with E-state index < -0.39 is 17.6 Å². The molecule has 1 amide bonds. The van der Waals surface area contributed by atoms with Gasteiger partial charge in [-0.3, -0.25) is 9.78 Å². The maximum atomic E-state index is 13.5. The summed E-state index contributed by atoms with van der Waals surface area (Å²) in [6, 6.07) is 20.2. The number of pyridine rings is 1. The molecular weight excluding hydrogens is 401 g/mol. The molecule has 0 saturated carbocycles. The van der Waals surface area contributed by atoms with Crippen molar-refractivity contribution in [2.45, 2.75) is 19.5 Å². The summed E-state index contributed by atoms with van der Waals surface area (Å²) in [6.07, 6.45) is -2.45. The van der Waals surface area contributed by atoms with E-state index in [-0.39, 0.29) is 16.5 Å². The lowest BCUT2D eigenvalue weighted by molar-refractivity contribution is -0.136. The van der Waals surface area contributed by atoms with Crippen molar-refractivity contribution in [3.8, 4) is 11.1 Å². The van der Waals surface area contributed by atoms with Gasteiger partial charge in [-0.25, -0.2) is 0 Å². The van der Waals surface area contributed by atoms with E-state index in [4.69, 9.17) is 0 Å². The number of fused-ring (bicyclic) bond motifs is 1. The second-order valence-electron chi connectivity index (χ2n) is 7.12. The standard InChI is InChI=1S/C25H19F3N2O/c1-2-16-11-13-18(14-12-16)30-24(31)20-15-29-23-19(9-6-10-21(23)25(26,27)28)22(20)17-7-4-3-5-8-17/h3-15H,2H2,1H3,(H,30,31). The fourth-order valence-electron chi connectivity index (χ4n) is 3.56. The van der Waals surface area contributed by atoms with Gasteiger partial charge in [-0.1, -0.05) is 61.5 Å². The number of halogens is 3. The van der Waals surface area contributed by atoms with Crippen LogP contribution in [0.4, 0.5) is 18.9 Å². The van der Waals surface area contributed by atoms with Crippen LogP contribution in [0, 0.1) is 0 Å². The van der Waals surface area contributed by atoms with E-state index in [9.17, 15) is 18.0 Å². The molecular formula is C25H19F3N2O. The zero-order valence-electron chi connectivity index (χ0n) is 16.7. The maximum absolute atomic E-state index is 13.5. The highest BCUT2D eigenvalue weighted by atomic mass is 19.4. The number of hydrogen-bond donors (Lipinski definition) is 1. The van der Waals surface area contributed by atoms with Crippen LogP contribution in [-0.2, 0) is 12.6 Å². The number of alkyl halides is 3. The third kappa shape index (κ3) is 4.14. The largest absolute Gasteiger partial charge is 0.418 e. The summed E-state index contributed by atoms with van der Waals surface area (Å²) in [5, 5.41) is 3.10. The molecule has 0 aliphatic carbocycles. The predicted octanol–water partition coefficient (Wildman–Crippen LogP) is 6.74. The van der Waals surface area contributed by atoms with Crippen LogP contribution in [0.2, 0.25) is 0 Å². The molecule has 31 heavy (non-hydrogen) atoms. The number of carbonyl (C=O) groups is 1. The number of nitrogens with one attached hydrogen (secondary N) is 1. The molecule has 6 heteroatoms. The molecule has 1 N–H and O–H groups in total. The van der Waals surface area contributed by atoms with Gasteiger partial charge in [-0.05, 0) is 35.7 Å². The predicted molar refractivity (Wildman–Crippen MR) is 116 cm³/mol. The number of anilines is 1. The first-order chi connectivity index (χ1) is 14.9. The Labute approximate surface area is 177 Å². The molecule has 0 fully saturated rings. The molecule has 156 valence electrons. The zero-order chi connectivity index (χ0) is 22.0. The van der Waals surface area contributed by atoms with Crippen LogP contribution in [0.15, 0.2) is 79.0 Å². The first-order valence-electron chi connectivity index (χ1n) is 9.83. The van der Waals surface area contributed by atoms with Gasteiger partial charge in [0, 0.05) is 22.8 Å². The van der Waals surface area contributed by atoms with E-state index >= 15 is 0 Å². The number of aromatic nitrogens is 1. The highest BCUT2D eigenvalue weighted by molar-refractivity contribution is 6.13. The van der Waals surface area contributed by atoms with Crippen LogP contribution in [0.1, 0.15) is 28.4 Å². The summed E-state index contributed by atoms with van der Waals surface area (Å²) in [5.41, 5.74) is 1.99. The summed E-state index contributed by atoms with van der Waals surface area (Å²) >= 11 is 0. The number of hydrogen-bond acceptors (Lipinski definition) is 2. The molecule has 4 aromatic rings. The van der Waals surface area contributed by atoms with Gasteiger partial charge in [0.25, 0.3) is 5.91 Å². The Morgan fingerprint density at radius 1 is 0.935 bits per heavy atom. The van der Waals surface area contributed by atoms with Crippen molar-refractivity contribution in [3.05, 3.63) is 95.7 Å². The molecule has 3 nitrogen and oxygen atoms in total. The van der Waals surface area contributed by atoms with Gasteiger partial charge in [0.15, 0.2) is 0 Å². The zero-order valence-corrected chi connectivity index (χ0v) is 16.7. The molecule has 1 aromatic heterocycles. The Morgan fingerprint density at radius 3 is 2.29 bits per heavy atom. The quantitative estimate of drug-likeness (QED) is 0.397. The minimum Gasteiger partial charge on any atom is -0.322 e. The van der Waals surface area contributed by atoms with E-state index in [0.29, 0.717) is 16.8 Å². The minimum atomic E-state index is -4.55. The molecule has 4 rings (SSSR count). The highest BCUT2D eigenvalue weighted by Crippen LogP contribution is 2.38. The molecule has 0 unspecified atom stereocenters. The van der Waals surface area contributed by atoms with Crippen LogP contribution in [0.3, 0.4) is 0 Å². The van der Waals surface area contributed by atoms with Crippen molar-refractivity contribution < 1.29 is 18.0 Å². The number of amides is 1. The second-order valence-corrected chi connectivity index (χ2v) is 7.12. The number of para-hydroxylation sites is 1. The Kier molecular flexibility index (Phi) is 5.46. The highest BCUT2D eigenvalue weighted by Gasteiger charge is 2.34. The lowest BCUT2D eigenvalue weighted by Crippen LogP contribution is -2.15. The normalized spacial score (nSPS) is 11.5. The minimum absolute atomic E-state index is 0.183. The Morgan fingerprint density at radius 2 is 1.65 bits per heavy atom. The van der Waals surface area contributed by atoms with Crippen molar-refractivity contribution in [3.63, 3.8) is 0 Å². The van der Waals surface area contributed by atoms with E-state index in [0.717, 1.165) is 18.1 Å². The van der Waals surface area contributed by atoms with Crippen LogP contribution in [0.5, 0.6) is 0 Å². The molecule has 0 spiro atoms. The van der Waals surface area contributed by atoms with Crippen molar-refractivity contribution in [1.29, 1.82) is 0 Å². The SMILES string of the molecule is CCc1ccc(NC(=O)c2cnc3c(C(F)(F)F)cccc3c2-c2ccccc2)cc1. The van der Waals surface area contributed by atoms with Crippen LogP contribution in [-0.4, -0.2) is 10.9 Å². The lowest BCUT2D eigenvalue weighted by atomic mass is 9.94. The third-order valence-corrected chi connectivity index (χ3v) is 5.13. The maximum Gasteiger partial charge on any atom is 0.418 e. The average molecular weight is 420 g/mol. The molecule has 0 atom stereocenters. The Bertz CT molecular complexity index is 1230. The summed E-state index contributed by atoms with van der Waals surface area (Å²) < 4.78 is 40.6. The first-order valence-corrected chi connectivity index (χ1v) is 9.83. The fourth-order valence-corrected chi connectivity index (χ4v) is 3.56. The van der Waals surface area contributed by atoms with Gasteiger partial charge in [-0.15, -0.1) is 0 Å². The summed E-state index contributed by atoms with van der Waals surface area (Å²) in [4.78, 5) is 17.2. The van der Waals surface area contributed by atoms with Gasteiger partial charge in [0.1, 0.15) is 0 Å². The third-order valence-electron chi connectivity index (χ3n) is 5.13. The van der Waals surface area contributed by atoms with Gasteiger partial charge in [-0.2, -0.15) is 13.2 Å². The van der Waals surface area contributed by atoms with E-state index in [2.05, 4.69) is 10.3 Å². The number of aryl methyl sites for hydroxylation is 1. The fraction of sp³-hybridized carbons (Fsp3) is 0.120.